The molecule has 2 N–H and O–H groups in total. The van der Waals surface area contributed by atoms with Crippen LogP contribution in [0.5, 0.6) is 0 Å². The third-order valence-corrected chi connectivity index (χ3v) is 0. The van der Waals surface area contributed by atoms with Gasteiger partial charge in [0.15, 0.2) is 0 Å². The van der Waals surface area contributed by atoms with Crippen LogP contribution in [-0.4, -0.2) is 115 Å². The minimum absolute atomic E-state index is 0. The maximum atomic E-state index is 8.56. The molecule has 0 atom stereocenters. The molecule has 0 rings (SSSR count). The summed E-state index contributed by atoms with van der Waals surface area (Å²) < 4.78 is 0. The Morgan fingerprint density at radius 3 is 1.33 bits per heavy atom. The number of hydrogen-bond acceptors (Lipinski definition) is 1. The fraction of sp³-hybridized carbons (Fsp3) is 0. The molecule has 0 saturated heterocycles. The van der Waals surface area contributed by atoms with E-state index in [9.17, 15) is 0 Å². The predicted molar refractivity (Wildman–Crippen MR) is 23.6 cm³/mol. The quantitative estimate of drug-likeness (QED) is 0.524. The standard InChI is InChI=1S/CH2O3.Cs.Na.H/c2-1(3)4;;;/h(H2,2,3,4);;;. The summed E-state index contributed by atoms with van der Waals surface area (Å²) in [6.07, 6.45) is -1.83. The van der Waals surface area contributed by atoms with Crippen molar-refractivity contribution in [2.45, 2.75) is 0 Å². The minimum Gasteiger partial charge on any atom is 0 e. The van der Waals surface area contributed by atoms with Crippen LogP contribution in [0.4, 0.5) is 4.79 Å². The molecule has 0 unspecified atom stereocenters. The molecule has 5 heteroatoms. The van der Waals surface area contributed by atoms with Crippen molar-refractivity contribution in [3.63, 3.8) is 0 Å². The smallest absolute Gasteiger partial charge is 0 e. The first-order valence-electron chi connectivity index (χ1n) is 0.651. The van der Waals surface area contributed by atoms with Crippen LogP contribution in [0.3, 0.4) is 0 Å². The topological polar surface area (TPSA) is 57.5 Å². The molecule has 0 bridgehead atoms. The Bertz CT molecular complexity index is 33.8. The molecule has 27 valence electrons. The molecule has 0 aliphatic rings. The summed E-state index contributed by atoms with van der Waals surface area (Å²) in [5, 5.41) is 13.9. The number of carboxylic acid groups (broad SMARTS) is 2. The van der Waals surface area contributed by atoms with Gasteiger partial charge in [-0.25, -0.2) is 4.79 Å². The summed E-state index contributed by atoms with van der Waals surface area (Å²) >= 11 is 0. The first-order valence-corrected chi connectivity index (χ1v) is 0.651. The van der Waals surface area contributed by atoms with Gasteiger partial charge in [0.1, 0.15) is 0 Å². The Hall–Kier alpha value is 2.32. The molecule has 0 aromatic heterocycles. The fourth-order valence-electron chi connectivity index (χ4n) is 0. The van der Waals surface area contributed by atoms with E-state index in [2.05, 4.69) is 0 Å². The van der Waals surface area contributed by atoms with E-state index in [-0.39, 0.29) is 98.5 Å². The normalized spacial score (nSPS) is 4.00. The zero-order valence-electron chi connectivity index (χ0n) is 2.80. The van der Waals surface area contributed by atoms with Gasteiger partial charge in [0.05, 0.1) is 0 Å². The second kappa shape index (κ2) is 10.3. The molecule has 0 saturated carbocycles. The molecule has 0 aromatic carbocycles. The van der Waals surface area contributed by atoms with Crippen LogP contribution < -0.4 is 0 Å². The van der Waals surface area contributed by atoms with Crippen molar-refractivity contribution in [2.75, 3.05) is 0 Å². The predicted octanol–water partition coefficient (Wildman–Crippen LogP) is -0.807. The van der Waals surface area contributed by atoms with Gasteiger partial charge in [-0.1, -0.05) is 0 Å². The van der Waals surface area contributed by atoms with Crippen LogP contribution >= 0.6 is 0 Å². The van der Waals surface area contributed by atoms with Crippen molar-refractivity contribution >= 4 is 105 Å². The number of rotatable bonds is 0. The summed E-state index contributed by atoms with van der Waals surface area (Å²) in [5.41, 5.74) is 0. The molecule has 3 nitrogen and oxygen atoms in total. The van der Waals surface area contributed by atoms with Gasteiger partial charge >= 0.3 is 75.0 Å². The van der Waals surface area contributed by atoms with Gasteiger partial charge in [0.25, 0.3) is 0 Å². The zero-order chi connectivity index (χ0) is 3.58. The second-order valence-corrected chi connectivity index (χ2v) is 0.283. The van der Waals surface area contributed by atoms with Crippen molar-refractivity contribution in [1.82, 2.24) is 0 Å². The van der Waals surface area contributed by atoms with Crippen LogP contribution in [0.1, 0.15) is 0 Å². The Balaban J connectivity index is -0.0000000450. The summed E-state index contributed by atoms with van der Waals surface area (Å²) in [4.78, 5) is 8.56. The zero-order valence-corrected chi connectivity index (χ0v) is 4.80. The Morgan fingerprint density at radius 2 is 1.33 bits per heavy atom. The van der Waals surface area contributed by atoms with Gasteiger partial charge in [-0.3, -0.25) is 0 Å². The molecule has 1 radical (unpaired) electrons. The van der Waals surface area contributed by atoms with Gasteiger partial charge in [0.2, 0.25) is 0 Å². The van der Waals surface area contributed by atoms with Gasteiger partial charge in [-0.15, -0.1) is 0 Å². The molecule has 0 amide bonds. The van der Waals surface area contributed by atoms with Crippen molar-refractivity contribution in [2.24, 2.45) is 0 Å². The van der Waals surface area contributed by atoms with Crippen molar-refractivity contribution < 1.29 is 15.0 Å². The molecule has 0 spiro atoms. The van der Waals surface area contributed by atoms with Crippen LogP contribution in [-0.2, 0) is 0 Å². The molecule has 6 heavy (non-hydrogen) atoms. The molecule has 0 aliphatic carbocycles. The fourth-order valence-corrected chi connectivity index (χ4v) is 0. The van der Waals surface area contributed by atoms with E-state index in [0.717, 1.165) is 0 Å². The number of carbonyl (C=O) groups is 1. The molecule has 0 aliphatic heterocycles. The second-order valence-electron chi connectivity index (χ2n) is 0.283. The summed E-state index contributed by atoms with van der Waals surface area (Å²) in [6.45, 7) is 0. The average Bonchev–Trinajstić information content (AvgIpc) is 0.811. The average molecular weight is 219 g/mol. The van der Waals surface area contributed by atoms with Crippen molar-refractivity contribution in [1.29, 1.82) is 0 Å². The van der Waals surface area contributed by atoms with E-state index in [1.54, 1.807) is 0 Å². The van der Waals surface area contributed by atoms with Gasteiger partial charge in [0, 0.05) is 29.6 Å². The number of hydrogen-bond donors (Lipinski definition) is 2. The Labute approximate surface area is 116 Å². The maximum Gasteiger partial charge on any atom is 0 e. The third kappa shape index (κ3) is 33.2. The first kappa shape index (κ1) is 15.8. The van der Waals surface area contributed by atoms with Gasteiger partial charge in [-0.2, -0.15) is 0 Å². The SMILES string of the molecule is O=C(O)O.[CsH].[Na]. The van der Waals surface area contributed by atoms with E-state index >= 15 is 0 Å². The van der Waals surface area contributed by atoms with Crippen molar-refractivity contribution in [3.05, 3.63) is 0 Å². The van der Waals surface area contributed by atoms with Crippen LogP contribution in [0, 0.1) is 0 Å². The van der Waals surface area contributed by atoms with E-state index in [1.165, 1.54) is 0 Å². The van der Waals surface area contributed by atoms with Crippen LogP contribution in [0.2, 0.25) is 0 Å². The molecule has 0 heterocycles. The van der Waals surface area contributed by atoms with Crippen LogP contribution in [0.15, 0.2) is 0 Å². The first-order chi connectivity index (χ1) is 1.73. The van der Waals surface area contributed by atoms with Crippen molar-refractivity contribution in [3.8, 4) is 0 Å². The monoisotopic (exact) mass is 219 g/mol. The molecule has 0 aromatic rings. The molecular formula is CH3CsNaO3. The van der Waals surface area contributed by atoms with E-state index in [4.69, 9.17) is 15.0 Å². The largest absolute Gasteiger partial charge is 0 e. The minimum atomic E-state index is -1.83. The van der Waals surface area contributed by atoms with Gasteiger partial charge < -0.3 is 10.2 Å². The van der Waals surface area contributed by atoms with E-state index < -0.39 is 6.16 Å². The summed E-state index contributed by atoms with van der Waals surface area (Å²) in [6, 6.07) is 0. The summed E-state index contributed by atoms with van der Waals surface area (Å²) in [5.74, 6) is 0. The van der Waals surface area contributed by atoms with E-state index in [1.807, 2.05) is 0 Å². The van der Waals surface area contributed by atoms with Crippen LogP contribution in [0.25, 0.3) is 0 Å². The van der Waals surface area contributed by atoms with E-state index in [0.29, 0.717) is 0 Å². The molecule has 0 fully saturated rings. The third-order valence-electron chi connectivity index (χ3n) is 0. The summed E-state index contributed by atoms with van der Waals surface area (Å²) in [7, 11) is 0. The van der Waals surface area contributed by atoms with Gasteiger partial charge in [-0.05, 0) is 0 Å². The molecular weight excluding hydrogens is 216 g/mol. The Morgan fingerprint density at radius 1 is 1.33 bits per heavy atom. The maximum absolute atomic E-state index is 8.56. The Kier molecular flexibility index (Phi) is 27.1.